The van der Waals surface area contributed by atoms with E-state index >= 15 is 0 Å². The number of nitro benzene ring substituents is 1. The van der Waals surface area contributed by atoms with Crippen molar-refractivity contribution in [3.05, 3.63) is 70.0 Å². The summed E-state index contributed by atoms with van der Waals surface area (Å²) in [6, 6.07) is 13.0. The largest absolute Gasteiger partial charge is 0.322 e. The number of carbonyl (C=O) groups excluding carboxylic acids is 1. The summed E-state index contributed by atoms with van der Waals surface area (Å²) in [7, 11) is 0. The molecule has 0 aliphatic carbocycles. The first-order valence-electron chi connectivity index (χ1n) is 8.93. The molecule has 0 fully saturated rings. The SMILES string of the molecule is CCCc1nnc2sc(-c3cccc(NC(=O)c4ccccc4[N+](=O)[O-])c3)nn12. The maximum absolute atomic E-state index is 12.6. The van der Waals surface area contributed by atoms with Crippen molar-refractivity contribution in [1.29, 1.82) is 0 Å². The summed E-state index contributed by atoms with van der Waals surface area (Å²) in [4.78, 5) is 23.8. The van der Waals surface area contributed by atoms with Crippen molar-refractivity contribution >= 4 is 33.6 Å². The van der Waals surface area contributed by atoms with Crippen molar-refractivity contribution in [2.45, 2.75) is 19.8 Å². The molecule has 1 amide bonds. The first-order valence-corrected chi connectivity index (χ1v) is 9.75. The molecular formula is C19H16N6O3S. The molecular weight excluding hydrogens is 392 g/mol. The molecule has 2 aromatic heterocycles. The molecule has 2 aromatic carbocycles. The van der Waals surface area contributed by atoms with Gasteiger partial charge in [-0.3, -0.25) is 14.9 Å². The lowest BCUT2D eigenvalue weighted by molar-refractivity contribution is -0.385. The van der Waals surface area contributed by atoms with Crippen LogP contribution in [-0.2, 0) is 6.42 Å². The van der Waals surface area contributed by atoms with E-state index in [0.29, 0.717) is 10.6 Å². The summed E-state index contributed by atoms with van der Waals surface area (Å²) in [5.41, 5.74) is 1.10. The number of fused-ring (bicyclic) bond motifs is 1. The van der Waals surface area contributed by atoms with Gasteiger partial charge in [0.25, 0.3) is 11.6 Å². The lowest BCUT2D eigenvalue weighted by Gasteiger charge is -2.07. The number of carbonyl (C=O) groups is 1. The van der Waals surface area contributed by atoms with Gasteiger partial charge >= 0.3 is 0 Å². The Hall–Kier alpha value is -3.66. The smallest absolute Gasteiger partial charge is 0.282 e. The second-order valence-corrected chi connectivity index (χ2v) is 7.23. The van der Waals surface area contributed by atoms with Crippen LogP contribution in [-0.4, -0.2) is 30.6 Å². The third-order valence-electron chi connectivity index (χ3n) is 4.24. The zero-order valence-corrected chi connectivity index (χ0v) is 16.2. The molecule has 0 aliphatic rings. The number of aromatic nitrogens is 4. The van der Waals surface area contributed by atoms with Crippen LogP contribution in [0.2, 0.25) is 0 Å². The summed E-state index contributed by atoms with van der Waals surface area (Å²) in [5.74, 6) is 0.267. The minimum absolute atomic E-state index is 0.00547. The topological polar surface area (TPSA) is 115 Å². The van der Waals surface area contributed by atoms with Gasteiger partial charge in [-0.05, 0) is 24.6 Å². The number of nitrogens with one attached hydrogen (secondary N) is 1. The highest BCUT2D eigenvalue weighted by Gasteiger charge is 2.19. The zero-order valence-electron chi connectivity index (χ0n) is 15.4. The normalized spacial score (nSPS) is 10.9. The number of hydrogen-bond acceptors (Lipinski definition) is 7. The molecule has 1 N–H and O–H groups in total. The van der Waals surface area contributed by atoms with E-state index in [1.807, 2.05) is 6.07 Å². The van der Waals surface area contributed by atoms with Gasteiger partial charge in [-0.2, -0.15) is 9.61 Å². The lowest BCUT2D eigenvalue weighted by atomic mass is 10.1. The zero-order chi connectivity index (χ0) is 20.4. The molecule has 0 spiro atoms. The highest BCUT2D eigenvalue weighted by atomic mass is 32.1. The van der Waals surface area contributed by atoms with Crippen LogP contribution in [0.15, 0.2) is 48.5 Å². The first-order chi connectivity index (χ1) is 14.1. The first kappa shape index (κ1) is 18.7. The predicted molar refractivity (Wildman–Crippen MR) is 109 cm³/mol. The number of amides is 1. The molecule has 0 aliphatic heterocycles. The predicted octanol–water partition coefficient (Wildman–Crippen LogP) is 3.97. The van der Waals surface area contributed by atoms with E-state index < -0.39 is 10.8 Å². The Bertz CT molecular complexity index is 1220. The Labute approximate surface area is 169 Å². The number of para-hydroxylation sites is 1. The quantitative estimate of drug-likeness (QED) is 0.381. The maximum Gasteiger partial charge on any atom is 0.282 e. The number of aryl methyl sites for hydroxylation is 1. The Morgan fingerprint density at radius 1 is 1.21 bits per heavy atom. The third kappa shape index (κ3) is 3.69. The van der Waals surface area contributed by atoms with Gasteiger partial charge in [-0.15, -0.1) is 10.2 Å². The van der Waals surface area contributed by atoms with Crippen LogP contribution >= 0.6 is 11.3 Å². The second-order valence-electron chi connectivity index (χ2n) is 6.28. The van der Waals surface area contributed by atoms with Crippen molar-refractivity contribution in [2.75, 3.05) is 5.32 Å². The Kier molecular flexibility index (Phi) is 5.00. The summed E-state index contributed by atoms with van der Waals surface area (Å²) in [6.45, 7) is 2.07. The second kappa shape index (κ2) is 7.76. The molecule has 0 atom stereocenters. The molecule has 0 bridgehead atoms. The monoisotopic (exact) mass is 408 g/mol. The molecule has 29 heavy (non-hydrogen) atoms. The standard InChI is InChI=1S/C19H16N6O3S/c1-2-6-16-21-22-19-24(16)23-18(29-19)12-7-5-8-13(11-12)20-17(26)14-9-3-4-10-15(14)25(27)28/h3-5,7-11H,2,6H2,1H3,(H,20,26). The Balaban J connectivity index is 1.61. The van der Waals surface area contributed by atoms with Crippen LogP contribution in [0.25, 0.3) is 15.5 Å². The van der Waals surface area contributed by atoms with Gasteiger partial charge in [0.05, 0.1) is 4.92 Å². The number of rotatable bonds is 6. The van der Waals surface area contributed by atoms with Gasteiger partial charge in [-0.1, -0.05) is 42.5 Å². The molecule has 0 radical (unpaired) electrons. The van der Waals surface area contributed by atoms with Gasteiger partial charge in [0.1, 0.15) is 10.6 Å². The van der Waals surface area contributed by atoms with E-state index in [9.17, 15) is 14.9 Å². The molecule has 9 nitrogen and oxygen atoms in total. The van der Waals surface area contributed by atoms with E-state index in [2.05, 4.69) is 27.5 Å². The summed E-state index contributed by atoms with van der Waals surface area (Å²) >= 11 is 1.40. The molecule has 10 heteroatoms. The van der Waals surface area contributed by atoms with Crippen molar-refractivity contribution in [3.63, 3.8) is 0 Å². The van der Waals surface area contributed by atoms with Gasteiger partial charge in [0.2, 0.25) is 4.96 Å². The fourth-order valence-electron chi connectivity index (χ4n) is 2.91. The molecule has 146 valence electrons. The molecule has 4 aromatic rings. The van der Waals surface area contributed by atoms with Crippen LogP contribution in [0.4, 0.5) is 11.4 Å². The summed E-state index contributed by atoms with van der Waals surface area (Å²) in [5, 5.41) is 27.5. The van der Waals surface area contributed by atoms with Gasteiger partial charge in [0, 0.05) is 23.7 Å². The van der Waals surface area contributed by atoms with E-state index in [4.69, 9.17) is 0 Å². The van der Waals surface area contributed by atoms with Crippen LogP contribution in [0.3, 0.4) is 0 Å². The highest BCUT2D eigenvalue weighted by molar-refractivity contribution is 7.19. The van der Waals surface area contributed by atoms with Gasteiger partial charge < -0.3 is 5.32 Å². The summed E-state index contributed by atoms with van der Waals surface area (Å²) < 4.78 is 1.74. The van der Waals surface area contributed by atoms with Crippen LogP contribution in [0.1, 0.15) is 29.5 Å². The average molecular weight is 408 g/mol. The van der Waals surface area contributed by atoms with Crippen LogP contribution < -0.4 is 5.32 Å². The molecule has 0 saturated heterocycles. The molecule has 2 heterocycles. The highest BCUT2D eigenvalue weighted by Crippen LogP contribution is 2.28. The Morgan fingerprint density at radius 2 is 2.03 bits per heavy atom. The van der Waals surface area contributed by atoms with E-state index in [-0.39, 0.29) is 11.3 Å². The van der Waals surface area contributed by atoms with E-state index in [1.54, 1.807) is 28.8 Å². The van der Waals surface area contributed by atoms with Gasteiger partial charge in [0.15, 0.2) is 5.82 Å². The number of nitrogens with zero attached hydrogens (tertiary/aromatic N) is 5. The minimum Gasteiger partial charge on any atom is -0.322 e. The van der Waals surface area contributed by atoms with Crippen LogP contribution in [0, 0.1) is 10.1 Å². The van der Waals surface area contributed by atoms with Crippen molar-refractivity contribution in [2.24, 2.45) is 0 Å². The maximum atomic E-state index is 12.6. The number of anilines is 1. The fourth-order valence-corrected chi connectivity index (χ4v) is 3.76. The molecule has 0 unspecified atom stereocenters. The van der Waals surface area contributed by atoms with E-state index in [0.717, 1.165) is 29.2 Å². The van der Waals surface area contributed by atoms with Gasteiger partial charge in [-0.25, -0.2) is 0 Å². The summed E-state index contributed by atoms with van der Waals surface area (Å²) in [6.07, 6.45) is 1.73. The Morgan fingerprint density at radius 3 is 2.83 bits per heavy atom. The van der Waals surface area contributed by atoms with Crippen LogP contribution in [0.5, 0.6) is 0 Å². The minimum atomic E-state index is -0.571. The number of hydrogen-bond donors (Lipinski definition) is 1. The average Bonchev–Trinajstić information content (AvgIpc) is 3.30. The lowest BCUT2D eigenvalue weighted by Crippen LogP contribution is -2.13. The van der Waals surface area contributed by atoms with Crippen molar-refractivity contribution in [1.82, 2.24) is 19.8 Å². The molecule has 0 saturated carbocycles. The third-order valence-corrected chi connectivity index (χ3v) is 5.19. The number of benzene rings is 2. The van der Waals surface area contributed by atoms with Crippen molar-refractivity contribution < 1.29 is 9.72 Å². The van der Waals surface area contributed by atoms with Crippen molar-refractivity contribution in [3.8, 4) is 10.6 Å². The fraction of sp³-hybridized carbons (Fsp3) is 0.158. The molecule has 4 rings (SSSR count). The number of nitro groups is 1. The van der Waals surface area contributed by atoms with E-state index in [1.165, 1.54) is 29.5 Å².